The Morgan fingerprint density at radius 3 is 2.55 bits per heavy atom. The molecule has 0 spiro atoms. The Labute approximate surface area is 132 Å². The number of carbonyl (C=O) groups is 1. The van der Waals surface area contributed by atoms with E-state index >= 15 is 0 Å². The molecule has 2 amide bonds. The smallest absolute Gasteiger partial charge is 0.315 e. The zero-order valence-corrected chi connectivity index (χ0v) is 13.1. The van der Waals surface area contributed by atoms with E-state index in [-0.39, 0.29) is 24.1 Å². The lowest BCUT2D eigenvalue weighted by Gasteiger charge is -2.30. The molecule has 120 valence electrons. The predicted molar refractivity (Wildman–Crippen MR) is 86.4 cm³/mol. The van der Waals surface area contributed by atoms with Crippen molar-refractivity contribution < 1.29 is 9.90 Å². The minimum absolute atomic E-state index is 0.0481. The molecule has 0 bridgehead atoms. The number of amides is 2. The molecule has 0 aliphatic heterocycles. The molecule has 0 radical (unpaired) electrons. The molecule has 22 heavy (non-hydrogen) atoms. The molecule has 0 saturated heterocycles. The van der Waals surface area contributed by atoms with Gasteiger partial charge in [-0.25, -0.2) is 4.79 Å². The van der Waals surface area contributed by atoms with Gasteiger partial charge >= 0.3 is 6.03 Å². The van der Waals surface area contributed by atoms with Gasteiger partial charge in [-0.3, -0.25) is 0 Å². The summed E-state index contributed by atoms with van der Waals surface area (Å²) >= 11 is 0. The Hall–Kier alpha value is -1.55. The first-order chi connectivity index (χ1) is 10.7. The van der Waals surface area contributed by atoms with E-state index in [2.05, 4.69) is 22.8 Å². The third-order valence-corrected chi connectivity index (χ3v) is 5.22. The van der Waals surface area contributed by atoms with Crippen LogP contribution in [0, 0.1) is 11.3 Å². The molecule has 2 saturated carbocycles. The first-order valence-corrected chi connectivity index (χ1v) is 8.41. The van der Waals surface area contributed by atoms with Crippen LogP contribution < -0.4 is 10.6 Å². The Kier molecular flexibility index (Phi) is 4.67. The first kappa shape index (κ1) is 15.3. The summed E-state index contributed by atoms with van der Waals surface area (Å²) in [6.07, 6.45) is 6.91. The summed E-state index contributed by atoms with van der Waals surface area (Å²) in [4.78, 5) is 12.2. The molecule has 0 heterocycles. The van der Waals surface area contributed by atoms with Crippen LogP contribution in [0.5, 0.6) is 0 Å². The summed E-state index contributed by atoms with van der Waals surface area (Å²) in [6.45, 7) is 0.734. The Bertz CT molecular complexity index is 495. The molecular formula is C18H26N2O2. The Morgan fingerprint density at radius 1 is 1.27 bits per heavy atom. The van der Waals surface area contributed by atoms with E-state index < -0.39 is 0 Å². The first-order valence-electron chi connectivity index (χ1n) is 8.41. The fourth-order valence-corrected chi connectivity index (χ4v) is 3.07. The molecule has 1 unspecified atom stereocenters. The molecule has 1 atom stereocenters. The minimum Gasteiger partial charge on any atom is -0.396 e. The number of rotatable bonds is 7. The molecule has 2 aliphatic carbocycles. The number of nitrogens with one attached hydrogen (secondary N) is 2. The van der Waals surface area contributed by atoms with Crippen molar-refractivity contribution >= 4 is 6.03 Å². The molecule has 1 aromatic carbocycles. The van der Waals surface area contributed by atoms with E-state index in [1.165, 1.54) is 24.8 Å². The number of hydrogen-bond donors (Lipinski definition) is 3. The predicted octanol–water partition coefficient (Wildman–Crippen LogP) is 2.99. The van der Waals surface area contributed by atoms with Crippen LogP contribution in [0.4, 0.5) is 4.79 Å². The van der Waals surface area contributed by atoms with Crippen LogP contribution in [0.15, 0.2) is 30.3 Å². The van der Waals surface area contributed by atoms with E-state index in [0.29, 0.717) is 6.54 Å². The monoisotopic (exact) mass is 302 g/mol. The number of hydrogen-bond acceptors (Lipinski definition) is 2. The largest absolute Gasteiger partial charge is 0.396 e. The van der Waals surface area contributed by atoms with E-state index in [1.807, 2.05) is 18.2 Å². The van der Waals surface area contributed by atoms with Gasteiger partial charge in [0.15, 0.2) is 0 Å². The van der Waals surface area contributed by atoms with Crippen molar-refractivity contribution in [2.24, 2.45) is 11.3 Å². The molecular weight excluding hydrogens is 276 g/mol. The van der Waals surface area contributed by atoms with Gasteiger partial charge in [0.05, 0.1) is 12.6 Å². The lowest BCUT2D eigenvalue weighted by Crippen LogP contribution is -2.42. The Balaban J connectivity index is 1.55. The average molecular weight is 302 g/mol. The van der Waals surface area contributed by atoms with Crippen LogP contribution in [0.1, 0.15) is 50.1 Å². The van der Waals surface area contributed by atoms with E-state index in [9.17, 15) is 9.90 Å². The molecule has 2 fully saturated rings. The second kappa shape index (κ2) is 6.69. The van der Waals surface area contributed by atoms with Crippen molar-refractivity contribution in [2.75, 3.05) is 13.2 Å². The average Bonchev–Trinajstić information content (AvgIpc) is 3.29. The maximum absolute atomic E-state index is 12.2. The number of urea groups is 1. The molecule has 3 rings (SSSR count). The van der Waals surface area contributed by atoms with Crippen LogP contribution in [-0.4, -0.2) is 24.3 Å². The normalized spacial score (nSPS) is 20.8. The summed E-state index contributed by atoms with van der Waals surface area (Å²) in [5, 5.41) is 15.4. The third-order valence-electron chi connectivity index (χ3n) is 5.22. The number of aliphatic hydroxyl groups is 1. The standard InChI is InChI=1S/C18H26N2O2/c21-13-18(9-10-18)12-19-17(22)20-16(11-14-5-4-6-14)15-7-2-1-3-8-15/h1-3,7-8,14,16,21H,4-6,9-13H2,(H2,19,20,22). The van der Waals surface area contributed by atoms with Gasteiger partial charge in [0.2, 0.25) is 0 Å². The summed E-state index contributed by atoms with van der Waals surface area (Å²) in [5.74, 6) is 0.734. The fraction of sp³-hybridized carbons (Fsp3) is 0.611. The van der Waals surface area contributed by atoms with Gasteiger partial charge in [-0.15, -0.1) is 0 Å². The maximum Gasteiger partial charge on any atom is 0.315 e. The van der Waals surface area contributed by atoms with Gasteiger partial charge in [-0.1, -0.05) is 49.6 Å². The van der Waals surface area contributed by atoms with Crippen LogP contribution >= 0.6 is 0 Å². The number of carbonyl (C=O) groups excluding carboxylic acids is 1. The summed E-state index contributed by atoms with van der Waals surface area (Å²) in [5.41, 5.74) is 1.13. The molecule has 4 heteroatoms. The number of aliphatic hydroxyl groups excluding tert-OH is 1. The van der Waals surface area contributed by atoms with Gasteiger partial charge < -0.3 is 15.7 Å². The summed E-state index contributed by atoms with van der Waals surface area (Å²) in [6, 6.07) is 10.2. The zero-order valence-electron chi connectivity index (χ0n) is 13.1. The van der Waals surface area contributed by atoms with Crippen molar-refractivity contribution in [3.05, 3.63) is 35.9 Å². The molecule has 4 nitrogen and oxygen atoms in total. The van der Waals surface area contributed by atoms with E-state index in [1.54, 1.807) is 0 Å². The minimum atomic E-state index is -0.118. The highest BCUT2D eigenvalue weighted by Gasteiger charge is 2.42. The van der Waals surface area contributed by atoms with Crippen molar-refractivity contribution in [3.8, 4) is 0 Å². The van der Waals surface area contributed by atoms with Crippen molar-refractivity contribution in [3.63, 3.8) is 0 Å². The highest BCUT2D eigenvalue weighted by molar-refractivity contribution is 5.74. The van der Waals surface area contributed by atoms with Crippen LogP contribution in [0.3, 0.4) is 0 Å². The lowest BCUT2D eigenvalue weighted by molar-refractivity contribution is 0.199. The van der Waals surface area contributed by atoms with Gasteiger partial charge in [-0.2, -0.15) is 0 Å². The highest BCUT2D eigenvalue weighted by Crippen LogP contribution is 2.44. The molecule has 1 aromatic rings. The van der Waals surface area contributed by atoms with Crippen molar-refractivity contribution in [2.45, 2.75) is 44.6 Å². The fourth-order valence-electron chi connectivity index (χ4n) is 3.07. The quantitative estimate of drug-likeness (QED) is 0.725. The second-order valence-corrected chi connectivity index (χ2v) is 6.98. The van der Waals surface area contributed by atoms with Gasteiger partial charge in [-0.05, 0) is 30.7 Å². The second-order valence-electron chi connectivity index (χ2n) is 6.98. The lowest BCUT2D eigenvalue weighted by atomic mass is 9.79. The van der Waals surface area contributed by atoms with Crippen molar-refractivity contribution in [1.29, 1.82) is 0 Å². The van der Waals surface area contributed by atoms with E-state index in [4.69, 9.17) is 0 Å². The summed E-state index contributed by atoms with van der Waals surface area (Å²) < 4.78 is 0. The molecule has 3 N–H and O–H groups in total. The Morgan fingerprint density at radius 2 is 2.00 bits per heavy atom. The topological polar surface area (TPSA) is 61.4 Å². The summed E-state index contributed by atoms with van der Waals surface area (Å²) in [7, 11) is 0. The van der Waals surface area contributed by atoms with Crippen LogP contribution in [0.2, 0.25) is 0 Å². The van der Waals surface area contributed by atoms with Crippen LogP contribution in [-0.2, 0) is 0 Å². The third kappa shape index (κ3) is 3.80. The van der Waals surface area contributed by atoms with Crippen molar-refractivity contribution in [1.82, 2.24) is 10.6 Å². The molecule has 0 aromatic heterocycles. The van der Waals surface area contributed by atoms with Gasteiger partial charge in [0, 0.05) is 12.0 Å². The van der Waals surface area contributed by atoms with E-state index in [0.717, 1.165) is 25.2 Å². The number of benzene rings is 1. The highest BCUT2D eigenvalue weighted by atomic mass is 16.3. The van der Waals surface area contributed by atoms with Gasteiger partial charge in [0.1, 0.15) is 0 Å². The maximum atomic E-state index is 12.2. The molecule has 2 aliphatic rings. The SMILES string of the molecule is O=C(NCC1(CO)CC1)NC(CC1CCC1)c1ccccc1. The van der Waals surface area contributed by atoms with Gasteiger partial charge in [0.25, 0.3) is 0 Å². The zero-order chi connectivity index (χ0) is 15.4. The van der Waals surface area contributed by atoms with Crippen LogP contribution in [0.25, 0.3) is 0 Å².